The highest BCUT2D eigenvalue weighted by Crippen LogP contribution is 2.18. The van der Waals surface area contributed by atoms with Crippen molar-refractivity contribution >= 4 is 5.82 Å². The van der Waals surface area contributed by atoms with Gasteiger partial charge in [0.2, 0.25) is 0 Å². The van der Waals surface area contributed by atoms with Crippen molar-refractivity contribution in [1.82, 2.24) is 9.88 Å². The van der Waals surface area contributed by atoms with Gasteiger partial charge in [0.1, 0.15) is 5.82 Å². The molecule has 2 heterocycles. The Morgan fingerprint density at radius 1 is 1.53 bits per heavy atom. The lowest BCUT2D eigenvalue weighted by Crippen LogP contribution is -2.42. The van der Waals surface area contributed by atoms with Crippen LogP contribution in [0, 0.1) is 5.92 Å². The Balaban J connectivity index is 1.92. The van der Waals surface area contributed by atoms with Crippen LogP contribution in [0.5, 0.6) is 0 Å². The van der Waals surface area contributed by atoms with Gasteiger partial charge in [-0.05, 0) is 30.5 Å². The summed E-state index contributed by atoms with van der Waals surface area (Å²) in [5.74, 6) is 1.32. The van der Waals surface area contributed by atoms with Crippen molar-refractivity contribution in [3.63, 3.8) is 0 Å². The molecule has 0 bridgehead atoms. The molecule has 1 fully saturated rings. The average Bonchev–Trinajstić information content (AvgIpc) is 2.35. The van der Waals surface area contributed by atoms with Crippen LogP contribution in [0.25, 0.3) is 0 Å². The molecule has 1 aromatic rings. The number of likely N-dealkylation sites (tertiary alicyclic amines) is 1. The van der Waals surface area contributed by atoms with E-state index >= 15 is 0 Å². The minimum atomic E-state index is -0.187. The van der Waals surface area contributed by atoms with Crippen molar-refractivity contribution in [2.24, 2.45) is 5.92 Å². The highest BCUT2D eigenvalue weighted by atomic mass is 16.3. The monoisotopic (exact) mass is 235 g/mol. The molecule has 0 saturated carbocycles. The number of piperidine rings is 1. The maximum atomic E-state index is 9.84. The van der Waals surface area contributed by atoms with Crippen molar-refractivity contribution in [2.45, 2.75) is 26.0 Å². The lowest BCUT2D eigenvalue weighted by Gasteiger charge is -2.34. The molecule has 2 atom stereocenters. The summed E-state index contributed by atoms with van der Waals surface area (Å²) < 4.78 is 0. The second kappa shape index (κ2) is 5.47. The number of rotatable bonds is 3. The van der Waals surface area contributed by atoms with Gasteiger partial charge in [-0.2, -0.15) is 0 Å². The van der Waals surface area contributed by atoms with E-state index in [1.54, 1.807) is 0 Å². The first-order valence-electron chi connectivity index (χ1n) is 6.22. The van der Waals surface area contributed by atoms with Crippen LogP contribution in [0.2, 0.25) is 0 Å². The fraction of sp³-hybridized carbons (Fsp3) is 0.615. The first-order chi connectivity index (χ1) is 8.19. The molecule has 1 saturated heterocycles. The van der Waals surface area contributed by atoms with E-state index in [1.165, 1.54) is 5.56 Å². The van der Waals surface area contributed by atoms with Gasteiger partial charge >= 0.3 is 0 Å². The number of hydrogen-bond donors (Lipinski definition) is 2. The molecule has 0 aromatic carbocycles. The van der Waals surface area contributed by atoms with Gasteiger partial charge < -0.3 is 10.4 Å². The van der Waals surface area contributed by atoms with E-state index in [-0.39, 0.29) is 6.10 Å². The molecular weight excluding hydrogens is 214 g/mol. The molecule has 2 unspecified atom stereocenters. The van der Waals surface area contributed by atoms with Gasteiger partial charge in [-0.3, -0.25) is 4.90 Å². The predicted octanol–water partition coefficient (Wildman–Crippen LogP) is 1.33. The highest BCUT2D eigenvalue weighted by Gasteiger charge is 2.23. The van der Waals surface area contributed by atoms with E-state index in [0.29, 0.717) is 5.92 Å². The molecule has 0 spiro atoms. The maximum absolute atomic E-state index is 9.84. The zero-order chi connectivity index (χ0) is 12.3. The number of nitrogens with one attached hydrogen (secondary N) is 1. The van der Waals surface area contributed by atoms with Crippen molar-refractivity contribution in [2.75, 3.05) is 25.5 Å². The molecule has 1 aliphatic heterocycles. The molecule has 17 heavy (non-hydrogen) atoms. The Kier molecular flexibility index (Phi) is 3.97. The van der Waals surface area contributed by atoms with Crippen LogP contribution in [0.3, 0.4) is 0 Å². The molecule has 4 heteroatoms. The number of nitrogens with zero attached hydrogens (tertiary/aromatic N) is 2. The number of anilines is 1. The fourth-order valence-electron chi connectivity index (χ4n) is 2.18. The van der Waals surface area contributed by atoms with Gasteiger partial charge in [-0.1, -0.05) is 13.0 Å². The summed E-state index contributed by atoms with van der Waals surface area (Å²) in [6, 6.07) is 4.07. The molecule has 1 aliphatic rings. The van der Waals surface area contributed by atoms with Crippen LogP contribution in [-0.4, -0.2) is 41.2 Å². The minimum Gasteiger partial charge on any atom is -0.392 e. The Hall–Kier alpha value is -1.13. The summed E-state index contributed by atoms with van der Waals surface area (Å²) in [6.07, 6.45) is 2.78. The summed E-state index contributed by atoms with van der Waals surface area (Å²) in [5.41, 5.74) is 1.20. The highest BCUT2D eigenvalue weighted by molar-refractivity contribution is 5.34. The third-order valence-corrected chi connectivity index (χ3v) is 3.49. The molecule has 0 radical (unpaired) electrons. The van der Waals surface area contributed by atoms with Gasteiger partial charge in [-0.15, -0.1) is 0 Å². The van der Waals surface area contributed by atoms with Crippen LogP contribution < -0.4 is 5.32 Å². The van der Waals surface area contributed by atoms with E-state index in [1.807, 2.05) is 19.3 Å². The molecule has 0 amide bonds. The van der Waals surface area contributed by atoms with E-state index in [0.717, 1.165) is 31.9 Å². The summed E-state index contributed by atoms with van der Waals surface area (Å²) in [7, 11) is 1.87. The Labute approximate surface area is 103 Å². The number of aliphatic hydroxyl groups is 1. The molecule has 2 N–H and O–H groups in total. The van der Waals surface area contributed by atoms with Crippen LogP contribution >= 0.6 is 0 Å². The number of hydrogen-bond acceptors (Lipinski definition) is 4. The van der Waals surface area contributed by atoms with Crippen LogP contribution in [0.4, 0.5) is 5.82 Å². The molecule has 1 aromatic heterocycles. The largest absolute Gasteiger partial charge is 0.392 e. The third-order valence-electron chi connectivity index (χ3n) is 3.49. The normalized spacial score (nSPS) is 25.8. The van der Waals surface area contributed by atoms with E-state index in [4.69, 9.17) is 0 Å². The maximum Gasteiger partial charge on any atom is 0.125 e. The Morgan fingerprint density at radius 2 is 2.35 bits per heavy atom. The van der Waals surface area contributed by atoms with Crippen LogP contribution in [-0.2, 0) is 6.54 Å². The standard InChI is InChI=1S/C13H21N3O/c1-10-5-6-16(9-12(10)17)8-11-3-4-13(14-2)15-7-11/h3-4,7,10,12,17H,5-6,8-9H2,1-2H3,(H,14,15). The predicted molar refractivity (Wildman–Crippen MR) is 68.8 cm³/mol. The minimum absolute atomic E-state index is 0.187. The molecule has 94 valence electrons. The van der Waals surface area contributed by atoms with Crippen molar-refractivity contribution in [3.05, 3.63) is 23.9 Å². The quantitative estimate of drug-likeness (QED) is 0.829. The SMILES string of the molecule is CNc1ccc(CN2CCC(C)C(O)C2)cn1. The van der Waals surface area contributed by atoms with Crippen molar-refractivity contribution in [1.29, 1.82) is 0 Å². The average molecular weight is 235 g/mol. The van der Waals surface area contributed by atoms with Gasteiger partial charge in [0.05, 0.1) is 6.10 Å². The second-order valence-electron chi connectivity index (χ2n) is 4.87. The van der Waals surface area contributed by atoms with Gasteiger partial charge in [0, 0.05) is 26.3 Å². The van der Waals surface area contributed by atoms with Crippen LogP contribution in [0.15, 0.2) is 18.3 Å². The first kappa shape index (κ1) is 12.3. The van der Waals surface area contributed by atoms with E-state index in [2.05, 4.69) is 28.2 Å². The smallest absolute Gasteiger partial charge is 0.125 e. The second-order valence-corrected chi connectivity index (χ2v) is 4.87. The number of β-amino-alcohol motifs (C(OH)–C–C–N with tert-alkyl or cyclic N) is 1. The summed E-state index contributed by atoms with van der Waals surface area (Å²) >= 11 is 0. The van der Waals surface area contributed by atoms with Crippen molar-refractivity contribution in [3.8, 4) is 0 Å². The molecule has 4 nitrogen and oxygen atoms in total. The van der Waals surface area contributed by atoms with Crippen LogP contribution in [0.1, 0.15) is 18.9 Å². The first-order valence-corrected chi connectivity index (χ1v) is 6.22. The Morgan fingerprint density at radius 3 is 2.94 bits per heavy atom. The van der Waals surface area contributed by atoms with E-state index in [9.17, 15) is 5.11 Å². The summed E-state index contributed by atoms with van der Waals surface area (Å²) in [5, 5.41) is 12.8. The van der Waals surface area contributed by atoms with Gasteiger partial charge in [0.15, 0.2) is 0 Å². The van der Waals surface area contributed by atoms with Gasteiger partial charge in [0.25, 0.3) is 0 Å². The lowest BCUT2D eigenvalue weighted by molar-refractivity contribution is 0.0259. The zero-order valence-electron chi connectivity index (χ0n) is 10.6. The number of aliphatic hydroxyl groups excluding tert-OH is 1. The van der Waals surface area contributed by atoms with E-state index < -0.39 is 0 Å². The summed E-state index contributed by atoms with van der Waals surface area (Å²) in [4.78, 5) is 6.59. The lowest BCUT2D eigenvalue weighted by atomic mass is 9.96. The van der Waals surface area contributed by atoms with Crippen molar-refractivity contribution < 1.29 is 5.11 Å². The fourth-order valence-corrected chi connectivity index (χ4v) is 2.18. The Bertz CT molecular complexity index is 352. The molecular formula is C13H21N3O. The molecule has 2 rings (SSSR count). The number of pyridine rings is 1. The van der Waals surface area contributed by atoms with Gasteiger partial charge in [-0.25, -0.2) is 4.98 Å². The summed E-state index contributed by atoms with van der Waals surface area (Å²) in [6.45, 7) is 4.83. The topological polar surface area (TPSA) is 48.4 Å². The zero-order valence-corrected chi connectivity index (χ0v) is 10.6. The third kappa shape index (κ3) is 3.17. The molecule has 0 aliphatic carbocycles. The number of aromatic nitrogens is 1.